The lowest BCUT2D eigenvalue weighted by Gasteiger charge is -2.29. The number of hydrogen-bond acceptors (Lipinski definition) is 4. The Labute approximate surface area is 226 Å². The third-order valence-corrected chi connectivity index (χ3v) is 6.64. The highest BCUT2D eigenvalue weighted by Crippen LogP contribution is 2.41. The van der Waals surface area contributed by atoms with Gasteiger partial charge in [-0.1, -0.05) is 54.6 Å². The lowest BCUT2D eigenvalue weighted by Crippen LogP contribution is -2.27. The Morgan fingerprint density at radius 2 is 1.64 bits per heavy atom. The van der Waals surface area contributed by atoms with Crippen molar-refractivity contribution in [1.82, 2.24) is 9.97 Å². The number of imidazole rings is 1. The van der Waals surface area contributed by atoms with Gasteiger partial charge in [-0.2, -0.15) is 0 Å². The summed E-state index contributed by atoms with van der Waals surface area (Å²) < 4.78 is 11.6. The maximum absolute atomic E-state index is 12.9. The summed E-state index contributed by atoms with van der Waals surface area (Å²) >= 11 is 0. The molecule has 4 aromatic carbocycles. The quantitative estimate of drug-likeness (QED) is 0.223. The Bertz CT molecular complexity index is 1700. The van der Waals surface area contributed by atoms with Gasteiger partial charge in [-0.05, 0) is 67.5 Å². The monoisotopic (exact) mass is 516 g/mol. The summed E-state index contributed by atoms with van der Waals surface area (Å²) in [5.41, 5.74) is 6.50. The van der Waals surface area contributed by atoms with Crippen molar-refractivity contribution in [2.24, 2.45) is 0 Å². The molecule has 6 rings (SSSR count). The number of H-pyrrole nitrogens is 1. The number of carbonyl (C=O) groups excluding carboxylic acids is 1. The predicted molar refractivity (Wildman–Crippen MR) is 156 cm³/mol. The molecule has 0 fully saturated rings. The molecule has 0 spiro atoms. The molecule has 39 heavy (non-hydrogen) atoms. The van der Waals surface area contributed by atoms with Crippen molar-refractivity contribution in [2.45, 2.75) is 19.4 Å². The Hall–Kier alpha value is -5.04. The summed E-state index contributed by atoms with van der Waals surface area (Å²) in [6, 6.07) is 27.4. The molecule has 7 nitrogen and oxygen atoms in total. The van der Waals surface area contributed by atoms with Crippen molar-refractivity contribution < 1.29 is 14.3 Å². The van der Waals surface area contributed by atoms with E-state index in [1.165, 1.54) is 5.56 Å². The minimum atomic E-state index is -0.402. The average Bonchev–Trinajstić information content (AvgIpc) is 3.37. The first kappa shape index (κ1) is 24.3. The number of anilines is 2. The van der Waals surface area contributed by atoms with E-state index in [0.29, 0.717) is 22.9 Å². The molecule has 2 heterocycles. The number of amides is 2. The Morgan fingerprint density at radius 3 is 2.41 bits per heavy atom. The van der Waals surface area contributed by atoms with Gasteiger partial charge in [0.15, 0.2) is 5.75 Å². The zero-order valence-electron chi connectivity index (χ0n) is 21.9. The molecule has 7 heteroatoms. The van der Waals surface area contributed by atoms with Gasteiger partial charge in [-0.3, -0.25) is 0 Å². The molecule has 1 aliphatic rings. The average molecular weight is 517 g/mol. The van der Waals surface area contributed by atoms with Crippen LogP contribution in [0.5, 0.6) is 11.5 Å². The molecular formula is C32H28N4O3. The van der Waals surface area contributed by atoms with Gasteiger partial charge in [0.05, 0.1) is 29.4 Å². The van der Waals surface area contributed by atoms with E-state index in [4.69, 9.17) is 14.5 Å². The summed E-state index contributed by atoms with van der Waals surface area (Å²) in [5.74, 6) is 2.02. The van der Waals surface area contributed by atoms with Crippen LogP contribution in [0.4, 0.5) is 16.2 Å². The van der Waals surface area contributed by atoms with Crippen LogP contribution in [-0.4, -0.2) is 28.7 Å². The van der Waals surface area contributed by atoms with E-state index in [0.717, 1.165) is 33.5 Å². The molecule has 0 aliphatic carbocycles. The number of nitrogens with zero attached hydrogens (tertiary/aromatic N) is 1. The summed E-state index contributed by atoms with van der Waals surface area (Å²) in [5, 5.41) is 5.78. The smallest absolute Gasteiger partial charge is 0.323 e. The van der Waals surface area contributed by atoms with Crippen molar-refractivity contribution in [3.05, 3.63) is 96.6 Å². The number of fused-ring (bicyclic) bond motifs is 2. The largest absolute Gasteiger partial charge is 0.494 e. The van der Waals surface area contributed by atoms with E-state index in [-0.39, 0.29) is 6.03 Å². The minimum absolute atomic E-state index is 0.388. The van der Waals surface area contributed by atoms with Crippen molar-refractivity contribution in [2.75, 3.05) is 17.7 Å². The van der Waals surface area contributed by atoms with Crippen molar-refractivity contribution in [3.8, 4) is 34.0 Å². The van der Waals surface area contributed by atoms with Gasteiger partial charge in [0, 0.05) is 11.3 Å². The van der Waals surface area contributed by atoms with E-state index >= 15 is 0 Å². The Morgan fingerprint density at radius 1 is 0.897 bits per heavy atom. The van der Waals surface area contributed by atoms with Crippen LogP contribution in [0, 0.1) is 0 Å². The number of carbonyl (C=O) groups is 1. The van der Waals surface area contributed by atoms with Crippen LogP contribution >= 0.6 is 0 Å². The first-order chi connectivity index (χ1) is 18.9. The van der Waals surface area contributed by atoms with Gasteiger partial charge >= 0.3 is 6.03 Å². The second-order valence-corrected chi connectivity index (χ2v) is 9.94. The molecule has 194 valence electrons. The molecule has 0 saturated heterocycles. The SMILES string of the molecule is COc1c(NC(=O)Nc2ccc3[nH]c(-c4ccc(-c5ccccc5)cc4)nc3c2)ccc2c1C=CC(C)(C)O2. The molecular weight excluding hydrogens is 488 g/mol. The lowest BCUT2D eigenvalue weighted by molar-refractivity contribution is 0.158. The third-order valence-electron chi connectivity index (χ3n) is 6.64. The summed E-state index contributed by atoms with van der Waals surface area (Å²) in [6.45, 7) is 3.97. The van der Waals surface area contributed by atoms with Gasteiger partial charge in [0.25, 0.3) is 0 Å². The fraction of sp³-hybridized carbons (Fsp3) is 0.125. The molecule has 1 aliphatic heterocycles. The highest BCUT2D eigenvalue weighted by molar-refractivity contribution is 6.02. The van der Waals surface area contributed by atoms with Crippen LogP contribution in [0.15, 0.2) is 91.0 Å². The first-order valence-corrected chi connectivity index (χ1v) is 12.7. The highest BCUT2D eigenvalue weighted by Gasteiger charge is 2.25. The molecule has 2 amide bonds. The van der Waals surface area contributed by atoms with E-state index in [1.54, 1.807) is 13.2 Å². The van der Waals surface area contributed by atoms with Crippen LogP contribution in [0.3, 0.4) is 0 Å². The van der Waals surface area contributed by atoms with Gasteiger partial charge in [-0.15, -0.1) is 0 Å². The first-order valence-electron chi connectivity index (χ1n) is 12.7. The van der Waals surface area contributed by atoms with Gasteiger partial charge in [-0.25, -0.2) is 9.78 Å². The fourth-order valence-corrected chi connectivity index (χ4v) is 4.70. The van der Waals surface area contributed by atoms with Gasteiger partial charge < -0.3 is 25.1 Å². The van der Waals surface area contributed by atoms with E-state index < -0.39 is 5.60 Å². The van der Waals surface area contributed by atoms with Gasteiger partial charge in [0.2, 0.25) is 0 Å². The second-order valence-electron chi connectivity index (χ2n) is 9.94. The molecule has 0 bridgehead atoms. The van der Waals surface area contributed by atoms with Gasteiger partial charge in [0.1, 0.15) is 17.2 Å². The fourth-order valence-electron chi connectivity index (χ4n) is 4.70. The number of benzene rings is 4. The number of aromatic nitrogens is 2. The van der Waals surface area contributed by atoms with Crippen LogP contribution in [0.25, 0.3) is 39.6 Å². The van der Waals surface area contributed by atoms with Crippen LogP contribution in [0.1, 0.15) is 19.4 Å². The Kier molecular flexibility index (Phi) is 6.04. The highest BCUT2D eigenvalue weighted by atomic mass is 16.5. The number of ether oxygens (including phenoxy) is 2. The minimum Gasteiger partial charge on any atom is -0.494 e. The van der Waals surface area contributed by atoms with E-state index in [1.807, 2.05) is 68.5 Å². The number of methoxy groups -OCH3 is 1. The summed E-state index contributed by atoms with van der Waals surface area (Å²) in [4.78, 5) is 21.0. The maximum Gasteiger partial charge on any atom is 0.323 e. The summed E-state index contributed by atoms with van der Waals surface area (Å²) in [7, 11) is 1.57. The normalized spacial score (nSPS) is 13.4. The molecule has 0 atom stereocenters. The summed E-state index contributed by atoms with van der Waals surface area (Å²) in [6.07, 6.45) is 3.92. The number of hydrogen-bond donors (Lipinski definition) is 3. The zero-order chi connectivity index (χ0) is 27.0. The van der Waals surface area contributed by atoms with E-state index in [9.17, 15) is 4.79 Å². The number of nitrogens with one attached hydrogen (secondary N) is 3. The number of rotatable bonds is 5. The topological polar surface area (TPSA) is 88.3 Å². The van der Waals surface area contributed by atoms with Crippen molar-refractivity contribution >= 4 is 34.5 Å². The molecule has 5 aromatic rings. The predicted octanol–water partition coefficient (Wildman–Crippen LogP) is 7.73. The van der Waals surface area contributed by atoms with Crippen LogP contribution in [0.2, 0.25) is 0 Å². The van der Waals surface area contributed by atoms with E-state index in [2.05, 4.69) is 52.0 Å². The Balaban J connectivity index is 1.18. The molecule has 3 N–H and O–H groups in total. The lowest BCUT2D eigenvalue weighted by atomic mass is 10.0. The number of aromatic amines is 1. The third kappa shape index (κ3) is 4.94. The number of urea groups is 1. The molecule has 0 radical (unpaired) electrons. The molecule has 1 aromatic heterocycles. The van der Waals surface area contributed by atoms with Crippen molar-refractivity contribution in [1.29, 1.82) is 0 Å². The van der Waals surface area contributed by atoms with Crippen LogP contribution in [-0.2, 0) is 0 Å². The second kappa shape index (κ2) is 9.68. The maximum atomic E-state index is 12.9. The molecule has 0 saturated carbocycles. The van der Waals surface area contributed by atoms with Crippen molar-refractivity contribution in [3.63, 3.8) is 0 Å². The standard InChI is InChI=1S/C32H28N4O3/c1-32(2)18-17-24-28(39-32)16-15-26(29(24)38-3)36-31(37)33-23-13-14-25-27(19-23)35-30(34-25)22-11-9-21(10-12-22)20-7-5-4-6-8-20/h4-19H,1-3H3,(H,34,35)(H2,33,36,37). The van der Waals surface area contributed by atoms with Crippen LogP contribution < -0.4 is 20.1 Å². The zero-order valence-corrected chi connectivity index (χ0v) is 21.9. The molecule has 0 unspecified atom stereocenters.